The summed E-state index contributed by atoms with van der Waals surface area (Å²) in [6, 6.07) is 4.74. The first-order valence-corrected chi connectivity index (χ1v) is 6.46. The first-order valence-electron chi connectivity index (χ1n) is 6.46. The summed E-state index contributed by atoms with van der Waals surface area (Å²) in [6.45, 7) is -0.187. The van der Waals surface area contributed by atoms with Gasteiger partial charge in [0.15, 0.2) is 0 Å². The van der Waals surface area contributed by atoms with Crippen LogP contribution in [0, 0.1) is 0 Å². The van der Waals surface area contributed by atoms with Gasteiger partial charge in [-0.15, -0.1) is 0 Å². The third-order valence-electron chi connectivity index (χ3n) is 2.82. The van der Waals surface area contributed by atoms with Crippen molar-refractivity contribution >= 4 is 17.5 Å². The Morgan fingerprint density at radius 2 is 1.68 bits per heavy atom. The minimum atomic E-state index is -4.54. The van der Waals surface area contributed by atoms with Crippen LogP contribution < -0.4 is 5.32 Å². The predicted molar refractivity (Wildman–Crippen MR) is 76.3 cm³/mol. The third-order valence-corrected chi connectivity index (χ3v) is 2.82. The number of anilines is 1. The number of amides is 2. The van der Waals surface area contributed by atoms with Gasteiger partial charge in [0.1, 0.15) is 0 Å². The number of nitrogens with one attached hydrogen (secondary N) is 1. The second-order valence-electron chi connectivity index (χ2n) is 5.05. The predicted octanol–water partition coefficient (Wildman–Crippen LogP) is 1.66. The number of rotatable bonds is 5. The average molecular weight is 317 g/mol. The molecule has 0 unspecified atom stereocenters. The Balaban J connectivity index is 2.69. The largest absolute Gasteiger partial charge is 0.418 e. The van der Waals surface area contributed by atoms with E-state index in [0.29, 0.717) is 0 Å². The van der Waals surface area contributed by atoms with Gasteiger partial charge in [-0.25, -0.2) is 0 Å². The van der Waals surface area contributed by atoms with Crippen molar-refractivity contribution < 1.29 is 22.8 Å². The fourth-order valence-electron chi connectivity index (χ4n) is 1.70. The third kappa shape index (κ3) is 5.36. The van der Waals surface area contributed by atoms with E-state index in [1.165, 1.54) is 35.0 Å². The Morgan fingerprint density at radius 3 is 2.23 bits per heavy atom. The van der Waals surface area contributed by atoms with Crippen molar-refractivity contribution in [3.05, 3.63) is 29.8 Å². The average Bonchev–Trinajstić information content (AvgIpc) is 2.37. The van der Waals surface area contributed by atoms with E-state index >= 15 is 0 Å². The van der Waals surface area contributed by atoms with Gasteiger partial charge in [0.25, 0.3) is 0 Å². The van der Waals surface area contributed by atoms with E-state index in [-0.39, 0.29) is 24.7 Å². The fourth-order valence-corrected chi connectivity index (χ4v) is 1.70. The highest BCUT2D eigenvalue weighted by Crippen LogP contribution is 2.34. The number of likely N-dealkylation sites (N-methyl/N-ethyl adjacent to an activating group) is 2. The van der Waals surface area contributed by atoms with Crippen LogP contribution in [-0.4, -0.2) is 55.8 Å². The van der Waals surface area contributed by atoms with E-state index < -0.39 is 17.6 Å². The molecule has 0 heterocycles. The zero-order valence-corrected chi connectivity index (χ0v) is 12.6. The zero-order valence-electron chi connectivity index (χ0n) is 12.6. The lowest BCUT2D eigenvalue weighted by Crippen LogP contribution is -2.38. The topological polar surface area (TPSA) is 52.7 Å². The van der Waals surface area contributed by atoms with Gasteiger partial charge in [-0.1, -0.05) is 12.1 Å². The molecule has 5 nitrogen and oxygen atoms in total. The number of nitrogens with zero attached hydrogens (tertiary/aromatic N) is 2. The van der Waals surface area contributed by atoms with Crippen molar-refractivity contribution in [1.82, 2.24) is 9.80 Å². The van der Waals surface area contributed by atoms with Gasteiger partial charge < -0.3 is 10.2 Å². The summed E-state index contributed by atoms with van der Waals surface area (Å²) in [5, 5.41) is 2.22. The zero-order chi connectivity index (χ0) is 16.9. The van der Waals surface area contributed by atoms with Crippen LogP contribution in [0.2, 0.25) is 0 Å². The molecule has 22 heavy (non-hydrogen) atoms. The number of para-hydroxylation sites is 1. The summed E-state index contributed by atoms with van der Waals surface area (Å²) in [7, 11) is 4.70. The van der Waals surface area contributed by atoms with E-state index in [9.17, 15) is 22.8 Å². The molecule has 0 fully saturated rings. The minimum absolute atomic E-state index is 0.00133. The smallest absolute Gasteiger partial charge is 0.348 e. The lowest BCUT2D eigenvalue weighted by Gasteiger charge is -2.19. The molecule has 0 spiro atoms. The van der Waals surface area contributed by atoms with Crippen molar-refractivity contribution in [2.75, 3.05) is 39.5 Å². The molecular weight excluding hydrogens is 299 g/mol. The number of hydrogen-bond donors (Lipinski definition) is 1. The van der Waals surface area contributed by atoms with Crippen LogP contribution in [0.5, 0.6) is 0 Å². The number of hydrogen-bond acceptors (Lipinski definition) is 3. The number of carbonyl (C=O) groups excluding carboxylic acids is 2. The maximum atomic E-state index is 12.8. The normalized spacial score (nSPS) is 11.4. The molecule has 0 aliphatic heterocycles. The highest BCUT2D eigenvalue weighted by molar-refractivity contribution is 5.93. The van der Waals surface area contributed by atoms with Gasteiger partial charge in [-0.3, -0.25) is 14.5 Å². The first kappa shape index (κ1) is 18.0. The molecule has 0 saturated heterocycles. The van der Waals surface area contributed by atoms with Crippen molar-refractivity contribution in [2.24, 2.45) is 0 Å². The summed E-state index contributed by atoms with van der Waals surface area (Å²) in [6.07, 6.45) is -4.54. The second kappa shape index (κ2) is 7.26. The molecule has 0 radical (unpaired) electrons. The molecule has 8 heteroatoms. The highest BCUT2D eigenvalue weighted by atomic mass is 19.4. The van der Waals surface area contributed by atoms with Crippen molar-refractivity contribution in [3.8, 4) is 0 Å². The van der Waals surface area contributed by atoms with Crippen molar-refractivity contribution in [1.29, 1.82) is 0 Å². The lowest BCUT2D eigenvalue weighted by atomic mass is 10.1. The molecule has 1 aromatic carbocycles. The molecule has 1 rings (SSSR count). The van der Waals surface area contributed by atoms with Gasteiger partial charge in [-0.2, -0.15) is 13.2 Å². The van der Waals surface area contributed by atoms with Crippen LogP contribution >= 0.6 is 0 Å². The standard InChI is InChI=1S/C14H18F3N3O2/c1-19(2)13(22)9-20(3)8-12(21)18-11-7-5-4-6-10(11)14(15,16)17/h4-7H,8-9H2,1-3H3,(H,18,21). The molecule has 122 valence electrons. The lowest BCUT2D eigenvalue weighted by molar-refractivity contribution is -0.137. The monoisotopic (exact) mass is 317 g/mol. The molecule has 0 aromatic heterocycles. The van der Waals surface area contributed by atoms with E-state index in [0.717, 1.165) is 6.07 Å². The Kier molecular flexibility index (Phi) is 5.92. The van der Waals surface area contributed by atoms with Crippen LogP contribution in [0.25, 0.3) is 0 Å². The maximum absolute atomic E-state index is 12.8. The fraction of sp³-hybridized carbons (Fsp3) is 0.429. The Bertz CT molecular complexity index is 544. The van der Waals surface area contributed by atoms with Crippen molar-refractivity contribution in [3.63, 3.8) is 0 Å². The van der Waals surface area contributed by atoms with Crippen LogP contribution in [0.4, 0.5) is 18.9 Å². The summed E-state index contributed by atoms with van der Waals surface area (Å²) >= 11 is 0. The summed E-state index contributed by atoms with van der Waals surface area (Å²) < 4.78 is 38.4. The number of halogens is 3. The van der Waals surface area contributed by atoms with Gasteiger partial charge in [0.05, 0.1) is 24.3 Å². The van der Waals surface area contributed by atoms with Gasteiger partial charge in [0, 0.05) is 14.1 Å². The van der Waals surface area contributed by atoms with E-state index in [2.05, 4.69) is 5.32 Å². The SMILES string of the molecule is CN(CC(=O)Nc1ccccc1C(F)(F)F)CC(=O)N(C)C. The summed E-state index contributed by atoms with van der Waals surface area (Å²) in [4.78, 5) is 26.1. The minimum Gasteiger partial charge on any atom is -0.348 e. The molecular formula is C14H18F3N3O2. The Labute approximate surface area is 126 Å². The van der Waals surface area contributed by atoms with E-state index in [1.54, 1.807) is 14.1 Å². The van der Waals surface area contributed by atoms with Crippen LogP contribution in [-0.2, 0) is 15.8 Å². The second-order valence-corrected chi connectivity index (χ2v) is 5.05. The summed E-state index contributed by atoms with van der Waals surface area (Å²) in [5.41, 5.74) is -1.21. The molecule has 0 atom stereocenters. The van der Waals surface area contributed by atoms with E-state index in [1.807, 2.05) is 0 Å². The summed E-state index contributed by atoms with van der Waals surface area (Å²) in [5.74, 6) is -0.822. The van der Waals surface area contributed by atoms with Crippen molar-refractivity contribution in [2.45, 2.75) is 6.18 Å². The Hall–Kier alpha value is -2.09. The molecule has 1 aromatic rings. The maximum Gasteiger partial charge on any atom is 0.418 e. The number of alkyl halides is 3. The highest BCUT2D eigenvalue weighted by Gasteiger charge is 2.33. The molecule has 0 aliphatic rings. The van der Waals surface area contributed by atoms with Crippen LogP contribution in [0.3, 0.4) is 0 Å². The molecule has 0 bridgehead atoms. The number of benzene rings is 1. The quantitative estimate of drug-likeness (QED) is 0.899. The molecule has 0 saturated carbocycles. The molecule has 0 aliphatic carbocycles. The van der Waals surface area contributed by atoms with Gasteiger partial charge in [-0.05, 0) is 19.2 Å². The molecule has 2 amide bonds. The van der Waals surface area contributed by atoms with E-state index in [4.69, 9.17) is 0 Å². The van der Waals surface area contributed by atoms with Crippen LogP contribution in [0.1, 0.15) is 5.56 Å². The molecule has 1 N–H and O–H groups in total. The Morgan fingerprint density at radius 1 is 1.09 bits per heavy atom. The number of carbonyl (C=O) groups is 2. The van der Waals surface area contributed by atoms with Gasteiger partial charge in [0.2, 0.25) is 11.8 Å². The van der Waals surface area contributed by atoms with Gasteiger partial charge >= 0.3 is 6.18 Å². The first-order chi connectivity index (χ1) is 10.1. The van der Waals surface area contributed by atoms with Crippen LogP contribution in [0.15, 0.2) is 24.3 Å².